The van der Waals surface area contributed by atoms with Crippen molar-refractivity contribution < 1.29 is 14.6 Å². The predicted octanol–water partition coefficient (Wildman–Crippen LogP) is 4.23. The Morgan fingerprint density at radius 1 is 1.35 bits per heavy atom. The quantitative estimate of drug-likeness (QED) is 0.439. The minimum Gasteiger partial charge on any atom is -0.493 e. The molecule has 4 heteroatoms. The summed E-state index contributed by atoms with van der Waals surface area (Å²) in [6.45, 7) is 2.57. The number of alkyl halides is 1. The molecule has 1 saturated carbocycles. The molecule has 3 nitrogen and oxygen atoms in total. The number of carbonyl (C=O) groups excluding carboxylic acids is 1. The van der Waals surface area contributed by atoms with Gasteiger partial charge in [-0.3, -0.25) is 4.79 Å². The number of benzene rings is 1. The third kappa shape index (κ3) is 5.08. The van der Waals surface area contributed by atoms with E-state index in [0.717, 1.165) is 25.5 Å². The molecule has 0 heterocycles. The number of aliphatic hydroxyl groups excluding tert-OH is 1. The highest BCUT2D eigenvalue weighted by atomic mass is 35.5. The molecule has 1 aliphatic rings. The van der Waals surface area contributed by atoms with Crippen LogP contribution in [0.5, 0.6) is 5.75 Å². The normalized spacial score (nSPS) is 27.4. The largest absolute Gasteiger partial charge is 0.493 e. The number of rotatable bonds is 8. The van der Waals surface area contributed by atoms with Crippen molar-refractivity contribution in [2.45, 2.75) is 44.1 Å². The van der Waals surface area contributed by atoms with Gasteiger partial charge >= 0.3 is 0 Å². The monoisotopic (exact) mass is 336 g/mol. The highest BCUT2D eigenvalue weighted by Crippen LogP contribution is 2.39. The Morgan fingerprint density at radius 3 is 2.91 bits per heavy atom. The number of unbranched alkanes of at least 4 members (excludes halogenated alkanes) is 1. The van der Waals surface area contributed by atoms with Crippen molar-refractivity contribution >= 4 is 17.9 Å². The number of hydrogen-bond donors (Lipinski definition) is 1. The number of aldehydes is 1. The lowest BCUT2D eigenvalue weighted by atomic mass is 9.92. The van der Waals surface area contributed by atoms with Crippen LogP contribution < -0.4 is 4.74 Å². The maximum absolute atomic E-state index is 10.8. The van der Waals surface area contributed by atoms with Gasteiger partial charge in [-0.25, -0.2) is 0 Å². The summed E-state index contributed by atoms with van der Waals surface area (Å²) in [7, 11) is 0. The molecule has 2 rings (SSSR count). The van der Waals surface area contributed by atoms with Crippen LogP contribution in [-0.2, 0) is 0 Å². The van der Waals surface area contributed by atoms with Gasteiger partial charge in [-0.05, 0) is 37.3 Å². The van der Waals surface area contributed by atoms with Gasteiger partial charge in [-0.2, -0.15) is 0 Å². The molecule has 1 N–H and O–H groups in total. The summed E-state index contributed by atoms with van der Waals surface area (Å²) in [6.07, 6.45) is 8.39. The zero-order chi connectivity index (χ0) is 16.7. The van der Waals surface area contributed by atoms with Crippen LogP contribution in [0.3, 0.4) is 0 Å². The van der Waals surface area contributed by atoms with Crippen molar-refractivity contribution in [2.24, 2.45) is 11.8 Å². The van der Waals surface area contributed by atoms with Crippen LogP contribution in [0.1, 0.15) is 43.0 Å². The number of allylic oxidation sites excluding steroid dienone is 2. The summed E-state index contributed by atoms with van der Waals surface area (Å²) in [5.41, 5.74) is 0.587. The van der Waals surface area contributed by atoms with Gasteiger partial charge in [0.05, 0.1) is 12.7 Å². The summed E-state index contributed by atoms with van der Waals surface area (Å²) in [5.74, 6) is 0.887. The van der Waals surface area contributed by atoms with E-state index in [0.29, 0.717) is 24.3 Å². The van der Waals surface area contributed by atoms with Gasteiger partial charge < -0.3 is 9.84 Å². The zero-order valence-electron chi connectivity index (χ0n) is 13.5. The van der Waals surface area contributed by atoms with Gasteiger partial charge in [-0.15, -0.1) is 11.6 Å². The van der Waals surface area contributed by atoms with Crippen LogP contribution in [0, 0.1) is 11.8 Å². The topological polar surface area (TPSA) is 46.5 Å². The van der Waals surface area contributed by atoms with Gasteiger partial charge in [-0.1, -0.05) is 37.6 Å². The first-order valence-electron chi connectivity index (χ1n) is 8.30. The van der Waals surface area contributed by atoms with Crippen molar-refractivity contribution in [1.29, 1.82) is 0 Å². The Hall–Kier alpha value is -1.32. The van der Waals surface area contributed by atoms with E-state index < -0.39 is 6.10 Å². The minimum absolute atomic E-state index is 0.0173. The fourth-order valence-electron chi connectivity index (χ4n) is 3.10. The molecule has 0 spiro atoms. The lowest BCUT2D eigenvalue weighted by Crippen LogP contribution is -2.27. The maximum atomic E-state index is 10.8. The maximum Gasteiger partial charge on any atom is 0.150 e. The summed E-state index contributed by atoms with van der Waals surface area (Å²) in [6, 6.07) is 7.06. The van der Waals surface area contributed by atoms with Crippen LogP contribution in [-0.4, -0.2) is 29.5 Å². The van der Waals surface area contributed by atoms with Crippen molar-refractivity contribution in [1.82, 2.24) is 0 Å². The second-order valence-corrected chi connectivity index (χ2v) is 6.70. The van der Waals surface area contributed by atoms with Crippen LogP contribution in [0.15, 0.2) is 36.4 Å². The Kier molecular flexibility index (Phi) is 7.13. The van der Waals surface area contributed by atoms with Crippen molar-refractivity contribution in [3.8, 4) is 5.75 Å². The molecule has 0 aliphatic heterocycles. The second kappa shape index (κ2) is 9.09. The molecule has 4 atom stereocenters. The summed E-state index contributed by atoms with van der Waals surface area (Å²) in [4.78, 5) is 10.8. The van der Waals surface area contributed by atoms with E-state index in [1.165, 1.54) is 0 Å². The van der Waals surface area contributed by atoms with E-state index in [1.54, 1.807) is 18.2 Å². The molecule has 0 unspecified atom stereocenters. The van der Waals surface area contributed by atoms with E-state index in [-0.39, 0.29) is 17.2 Å². The molecule has 1 aliphatic carbocycles. The van der Waals surface area contributed by atoms with Gasteiger partial charge in [0.1, 0.15) is 12.0 Å². The highest BCUT2D eigenvalue weighted by molar-refractivity contribution is 6.21. The van der Waals surface area contributed by atoms with E-state index >= 15 is 0 Å². The molecular weight excluding hydrogens is 312 g/mol. The van der Waals surface area contributed by atoms with E-state index in [1.807, 2.05) is 6.07 Å². The zero-order valence-corrected chi connectivity index (χ0v) is 14.3. The third-order valence-electron chi connectivity index (χ3n) is 4.44. The number of carbonyl (C=O) groups is 1. The SMILES string of the molecule is CCC/C=C\C[C@@H]1[C@@H](COc2cccc(C=O)c2)[C@H](O)C[C@H]1Cl. The van der Waals surface area contributed by atoms with Crippen LogP contribution in [0.2, 0.25) is 0 Å². The molecule has 126 valence electrons. The number of halogens is 1. The summed E-state index contributed by atoms with van der Waals surface area (Å²) >= 11 is 6.41. The lowest BCUT2D eigenvalue weighted by molar-refractivity contribution is 0.0806. The molecule has 0 aromatic heterocycles. The molecule has 1 aromatic carbocycles. The van der Waals surface area contributed by atoms with Gasteiger partial charge in [0.2, 0.25) is 0 Å². The Labute approximate surface area is 143 Å². The fraction of sp³-hybridized carbons (Fsp3) is 0.526. The van der Waals surface area contributed by atoms with Crippen molar-refractivity contribution in [2.75, 3.05) is 6.61 Å². The molecule has 23 heavy (non-hydrogen) atoms. The third-order valence-corrected chi connectivity index (χ3v) is 4.94. The van der Waals surface area contributed by atoms with Crippen LogP contribution >= 0.6 is 11.6 Å². The Bertz CT molecular complexity index is 529. The number of aliphatic hydroxyl groups is 1. The van der Waals surface area contributed by atoms with Crippen LogP contribution in [0.4, 0.5) is 0 Å². The van der Waals surface area contributed by atoms with Crippen molar-refractivity contribution in [3.63, 3.8) is 0 Å². The Morgan fingerprint density at radius 2 is 2.17 bits per heavy atom. The average molecular weight is 337 g/mol. The molecule has 1 aromatic rings. The van der Waals surface area contributed by atoms with Gasteiger partial charge in [0, 0.05) is 16.9 Å². The fourth-order valence-corrected chi connectivity index (χ4v) is 3.57. The minimum atomic E-state index is -0.434. The van der Waals surface area contributed by atoms with E-state index in [2.05, 4.69) is 19.1 Å². The molecule has 0 amide bonds. The second-order valence-electron chi connectivity index (χ2n) is 6.14. The first-order chi connectivity index (χ1) is 11.2. The van der Waals surface area contributed by atoms with E-state index in [4.69, 9.17) is 16.3 Å². The van der Waals surface area contributed by atoms with Gasteiger partial charge in [0.15, 0.2) is 0 Å². The molecule has 0 bridgehead atoms. The molecule has 0 saturated heterocycles. The molecular formula is C19H25ClO3. The first kappa shape index (κ1) is 18.0. The molecule has 1 fully saturated rings. The lowest BCUT2D eigenvalue weighted by Gasteiger charge is -2.22. The smallest absolute Gasteiger partial charge is 0.150 e. The van der Waals surface area contributed by atoms with E-state index in [9.17, 15) is 9.90 Å². The molecule has 0 radical (unpaired) electrons. The van der Waals surface area contributed by atoms with Crippen LogP contribution in [0.25, 0.3) is 0 Å². The standard InChI is InChI=1S/C19H25ClO3/c1-2-3-4-5-9-16-17(19(22)11-18(16)20)13-23-15-8-6-7-14(10-15)12-21/h4-8,10,12,16-19,22H,2-3,9,11,13H2,1H3/b5-4-/t16-,17-,18-,19-/m1/s1. The predicted molar refractivity (Wildman–Crippen MR) is 93.2 cm³/mol. The average Bonchev–Trinajstić information content (AvgIpc) is 2.83. The highest BCUT2D eigenvalue weighted by Gasteiger charge is 2.41. The summed E-state index contributed by atoms with van der Waals surface area (Å²) in [5, 5.41) is 10.2. The summed E-state index contributed by atoms with van der Waals surface area (Å²) < 4.78 is 5.81. The van der Waals surface area contributed by atoms with Gasteiger partial charge in [0.25, 0.3) is 0 Å². The Balaban J connectivity index is 1.95. The van der Waals surface area contributed by atoms with Crippen molar-refractivity contribution in [3.05, 3.63) is 42.0 Å². The number of ether oxygens (including phenoxy) is 1. The number of hydrogen-bond acceptors (Lipinski definition) is 3. The first-order valence-corrected chi connectivity index (χ1v) is 8.74.